The molecule has 0 aromatic rings. The van der Waals surface area contributed by atoms with Crippen molar-refractivity contribution in [1.82, 2.24) is 10.2 Å². The molecule has 1 saturated carbocycles. The van der Waals surface area contributed by atoms with E-state index in [-0.39, 0.29) is 23.9 Å². The van der Waals surface area contributed by atoms with E-state index >= 15 is 0 Å². The first kappa shape index (κ1) is 14.9. The minimum absolute atomic E-state index is 0.0270. The van der Waals surface area contributed by atoms with Crippen LogP contribution in [0.2, 0.25) is 0 Å². The number of hydrogen-bond donors (Lipinski definition) is 1. The maximum atomic E-state index is 12.6. The number of terminal acetylenes is 1. The van der Waals surface area contributed by atoms with E-state index < -0.39 is 0 Å². The van der Waals surface area contributed by atoms with Crippen LogP contribution in [0.3, 0.4) is 0 Å². The molecular weight excluding hydrogens is 252 g/mol. The van der Waals surface area contributed by atoms with Crippen LogP contribution in [0.1, 0.15) is 51.9 Å². The molecule has 0 bridgehead atoms. The van der Waals surface area contributed by atoms with Crippen LogP contribution in [-0.4, -0.2) is 35.3 Å². The standard InChI is InChI=1S/C16H24N2O2/c1-3-4-8-11-18-12(2)15(19)17-14(16(18)20)13-9-6-5-7-10-13/h1,12-14H,4-11H2,2H3,(H,17,19). The predicted octanol–water partition coefficient (Wildman–Crippen LogP) is 1.70. The first-order valence-electron chi connectivity index (χ1n) is 7.69. The predicted molar refractivity (Wildman–Crippen MR) is 77.7 cm³/mol. The number of rotatable bonds is 4. The number of carbonyl (C=O) groups excluding carboxylic acids is 2. The van der Waals surface area contributed by atoms with Crippen LogP contribution in [0.15, 0.2) is 0 Å². The van der Waals surface area contributed by atoms with Crippen LogP contribution in [0.25, 0.3) is 0 Å². The van der Waals surface area contributed by atoms with Crippen molar-refractivity contribution in [2.75, 3.05) is 6.54 Å². The van der Waals surface area contributed by atoms with E-state index in [0.717, 1.165) is 32.1 Å². The van der Waals surface area contributed by atoms with E-state index in [4.69, 9.17) is 6.42 Å². The molecule has 1 N–H and O–H groups in total. The van der Waals surface area contributed by atoms with Crippen molar-refractivity contribution in [3.8, 4) is 12.3 Å². The molecule has 1 heterocycles. The number of hydrogen-bond acceptors (Lipinski definition) is 2. The van der Waals surface area contributed by atoms with Gasteiger partial charge in [0, 0.05) is 13.0 Å². The van der Waals surface area contributed by atoms with Crippen LogP contribution in [0.5, 0.6) is 0 Å². The van der Waals surface area contributed by atoms with Crippen molar-refractivity contribution in [1.29, 1.82) is 0 Å². The number of carbonyl (C=O) groups is 2. The third-order valence-corrected chi connectivity index (χ3v) is 4.54. The lowest BCUT2D eigenvalue weighted by molar-refractivity contribution is -0.150. The van der Waals surface area contributed by atoms with Gasteiger partial charge in [-0.05, 0) is 32.1 Å². The van der Waals surface area contributed by atoms with Crippen LogP contribution < -0.4 is 5.32 Å². The molecule has 2 aliphatic rings. The quantitative estimate of drug-likeness (QED) is 0.627. The molecule has 0 aromatic carbocycles. The topological polar surface area (TPSA) is 49.4 Å². The molecule has 20 heavy (non-hydrogen) atoms. The molecule has 2 unspecified atom stereocenters. The minimum atomic E-state index is -0.375. The van der Waals surface area contributed by atoms with Gasteiger partial charge in [0.2, 0.25) is 11.8 Å². The number of nitrogens with one attached hydrogen (secondary N) is 1. The summed E-state index contributed by atoms with van der Waals surface area (Å²) in [6, 6.07) is -0.690. The minimum Gasteiger partial charge on any atom is -0.342 e. The Morgan fingerprint density at radius 2 is 2.00 bits per heavy atom. The van der Waals surface area contributed by atoms with E-state index in [0.29, 0.717) is 18.9 Å². The monoisotopic (exact) mass is 276 g/mol. The number of amides is 2. The van der Waals surface area contributed by atoms with Crippen molar-refractivity contribution in [3.05, 3.63) is 0 Å². The molecule has 4 nitrogen and oxygen atoms in total. The number of nitrogens with zero attached hydrogens (tertiary/aromatic N) is 1. The highest BCUT2D eigenvalue weighted by Gasteiger charge is 2.41. The fourth-order valence-electron chi connectivity index (χ4n) is 3.29. The lowest BCUT2D eigenvalue weighted by Gasteiger charge is -2.41. The highest BCUT2D eigenvalue weighted by molar-refractivity contribution is 5.96. The van der Waals surface area contributed by atoms with Crippen LogP contribution in [0, 0.1) is 18.3 Å². The van der Waals surface area contributed by atoms with Gasteiger partial charge in [0.1, 0.15) is 12.1 Å². The molecule has 0 radical (unpaired) electrons. The van der Waals surface area contributed by atoms with Gasteiger partial charge < -0.3 is 10.2 Å². The Kier molecular flexibility index (Phi) is 5.05. The molecule has 1 saturated heterocycles. The van der Waals surface area contributed by atoms with Gasteiger partial charge >= 0.3 is 0 Å². The summed E-state index contributed by atoms with van der Waals surface area (Å²) in [6.45, 7) is 2.38. The van der Waals surface area contributed by atoms with Gasteiger partial charge in [-0.25, -0.2) is 0 Å². The number of unbranched alkanes of at least 4 members (excludes halogenated alkanes) is 1. The third kappa shape index (κ3) is 3.15. The molecule has 0 spiro atoms. The molecule has 2 rings (SSSR count). The Labute approximate surface area is 121 Å². The molecular formula is C16H24N2O2. The average molecular weight is 276 g/mol. The van der Waals surface area contributed by atoms with Gasteiger partial charge in [-0.2, -0.15) is 0 Å². The highest BCUT2D eigenvalue weighted by Crippen LogP contribution is 2.29. The van der Waals surface area contributed by atoms with Gasteiger partial charge in [-0.1, -0.05) is 19.3 Å². The van der Waals surface area contributed by atoms with Gasteiger partial charge in [-0.3, -0.25) is 9.59 Å². The maximum Gasteiger partial charge on any atom is 0.246 e. The van der Waals surface area contributed by atoms with E-state index in [2.05, 4.69) is 11.2 Å². The highest BCUT2D eigenvalue weighted by atomic mass is 16.2. The second-order valence-electron chi connectivity index (χ2n) is 5.90. The van der Waals surface area contributed by atoms with Crippen molar-refractivity contribution in [2.45, 2.75) is 64.0 Å². The normalized spacial score (nSPS) is 28.1. The van der Waals surface area contributed by atoms with E-state index in [1.165, 1.54) is 6.42 Å². The lowest BCUT2D eigenvalue weighted by atomic mass is 9.82. The summed E-state index contributed by atoms with van der Waals surface area (Å²) in [5.41, 5.74) is 0. The Bertz CT molecular complexity index is 407. The molecule has 2 amide bonds. The molecule has 110 valence electrons. The smallest absolute Gasteiger partial charge is 0.246 e. The SMILES string of the molecule is C#CCCCN1C(=O)C(C2CCCCC2)NC(=O)C1C. The molecule has 0 aromatic heterocycles. The van der Waals surface area contributed by atoms with Crippen LogP contribution >= 0.6 is 0 Å². The number of piperazine rings is 1. The molecule has 2 atom stereocenters. The van der Waals surface area contributed by atoms with Crippen molar-refractivity contribution >= 4 is 11.8 Å². The molecule has 1 aliphatic heterocycles. The Hall–Kier alpha value is -1.50. The summed E-state index contributed by atoms with van der Waals surface area (Å²) in [5, 5.41) is 2.94. The Morgan fingerprint density at radius 1 is 1.30 bits per heavy atom. The van der Waals surface area contributed by atoms with Crippen molar-refractivity contribution in [2.24, 2.45) is 5.92 Å². The molecule has 4 heteroatoms. The summed E-state index contributed by atoms with van der Waals surface area (Å²) < 4.78 is 0. The molecule has 1 aliphatic carbocycles. The summed E-state index contributed by atoms with van der Waals surface area (Å²) in [5.74, 6) is 2.95. The zero-order valence-electron chi connectivity index (χ0n) is 12.2. The summed E-state index contributed by atoms with van der Waals surface area (Å²) >= 11 is 0. The summed E-state index contributed by atoms with van der Waals surface area (Å²) in [6.07, 6.45) is 12.3. The lowest BCUT2D eigenvalue weighted by Crippen LogP contribution is -2.64. The van der Waals surface area contributed by atoms with E-state index in [1.807, 2.05) is 0 Å². The zero-order chi connectivity index (χ0) is 14.5. The van der Waals surface area contributed by atoms with Crippen LogP contribution in [-0.2, 0) is 9.59 Å². The second kappa shape index (κ2) is 6.78. The largest absolute Gasteiger partial charge is 0.342 e. The van der Waals surface area contributed by atoms with Crippen molar-refractivity contribution < 1.29 is 9.59 Å². The van der Waals surface area contributed by atoms with E-state index in [1.54, 1.807) is 11.8 Å². The fourth-order valence-corrected chi connectivity index (χ4v) is 3.29. The van der Waals surface area contributed by atoms with Crippen LogP contribution in [0.4, 0.5) is 0 Å². The Morgan fingerprint density at radius 3 is 2.65 bits per heavy atom. The second-order valence-corrected chi connectivity index (χ2v) is 5.90. The zero-order valence-corrected chi connectivity index (χ0v) is 12.2. The van der Waals surface area contributed by atoms with Gasteiger partial charge in [0.15, 0.2) is 0 Å². The first-order chi connectivity index (χ1) is 9.65. The molecule has 2 fully saturated rings. The first-order valence-corrected chi connectivity index (χ1v) is 7.69. The fraction of sp³-hybridized carbons (Fsp3) is 0.750. The van der Waals surface area contributed by atoms with E-state index in [9.17, 15) is 9.59 Å². The average Bonchev–Trinajstić information content (AvgIpc) is 2.47. The van der Waals surface area contributed by atoms with Gasteiger partial charge in [0.25, 0.3) is 0 Å². The third-order valence-electron chi connectivity index (χ3n) is 4.54. The van der Waals surface area contributed by atoms with Gasteiger partial charge in [-0.15, -0.1) is 12.3 Å². The maximum absolute atomic E-state index is 12.6. The van der Waals surface area contributed by atoms with Gasteiger partial charge in [0.05, 0.1) is 0 Å². The summed E-state index contributed by atoms with van der Waals surface area (Å²) in [4.78, 5) is 26.4. The Balaban J connectivity index is 2.04. The van der Waals surface area contributed by atoms with Crippen molar-refractivity contribution in [3.63, 3.8) is 0 Å². The summed E-state index contributed by atoms with van der Waals surface area (Å²) in [7, 11) is 0.